The quantitative estimate of drug-likeness (QED) is 0.485. The Kier molecular flexibility index (Phi) is 5.77. The lowest BCUT2D eigenvalue weighted by Crippen LogP contribution is -2.27. The zero-order valence-corrected chi connectivity index (χ0v) is 14.1. The number of rotatable bonds is 7. The first kappa shape index (κ1) is 18.9. The number of nitrogens with two attached hydrogens (primary N) is 1. The van der Waals surface area contributed by atoms with Crippen molar-refractivity contribution >= 4 is 22.1 Å². The largest absolute Gasteiger partial charge is 0.477 e. The van der Waals surface area contributed by atoms with E-state index >= 15 is 0 Å². The van der Waals surface area contributed by atoms with Crippen LogP contribution in [0.1, 0.15) is 34.8 Å². The number of aromatic carboxylic acids is 1. The highest BCUT2D eigenvalue weighted by molar-refractivity contribution is 7.87. The standard InChI is InChI=1S/C15H19N3O6S/c16-25(23,24)18-7-5-12(13(18)15(21)22)10-3-1-4-11(9-10)14(20)17-6-2-8-19/h1,4-5,7,9-10,19H,2-3,6,8H2,(H,17,20)(H,21,22)(H2,16,23,24). The highest BCUT2D eigenvalue weighted by Gasteiger charge is 2.27. The van der Waals surface area contributed by atoms with Gasteiger partial charge in [-0.05, 0) is 24.5 Å². The van der Waals surface area contributed by atoms with Gasteiger partial charge in [-0.1, -0.05) is 18.2 Å². The van der Waals surface area contributed by atoms with E-state index in [9.17, 15) is 23.1 Å². The third-order valence-corrected chi connectivity index (χ3v) is 4.56. The molecule has 1 amide bonds. The third-order valence-electron chi connectivity index (χ3n) is 3.71. The van der Waals surface area contributed by atoms with Gasteiger partial charge in [0.2, 0.25) is 0 Å². The smallest absolute Gasteiger partial charge is 0.353 e. The summed E-state index contributed by atoms with van der Waals surface area (Å²) in [5, 5.41) is 25.8. The first-order valence-electron chi connectivity index (χ1n) is 7.51. The molecule has 1 unspecified atom stereocenters. The molecule has 1 atom stereocenters. The first-order valence-corrected chi connectivity index (χ1v) is 9.01. The summed E-state index contributed by atoms with van der Waals surface area (Å²) in [7, 11) is -4.25. The van der Waals surface area contributed by atoms with Crippen LogP contribution in [0.5, 0.6) is 0 Å². The predicted octanol–water partition coefficient (Wildman–Crippen LogP) is -0.294. The van der Waals surface area contributed by atoms with Gasteiger partial charge in [0.05, 0.1) is 0 Å². The number of carboxylic acids is 1. The van der Waals surface area contributed by atoms with Gasteiger partial charge in [0.1, 0.15) is 5.69 Å². The van der Waals surface area contributed by atoms with Crippen LogP contribution in [0.2, 0.25) is 0 Å². The molecule has 2 rings (SSSR count). The Bertz CT molecular complexity index is 837. The second-order valence-corrected chi connectivity index (χ2v) is 6.89. The molecular formula is C15H19N3O6S. The molecular weight excluding hydrogens is 350 g/mol. The van der Waals surface area contributed by atoms with Gasteiger partial charge in [0.15, 0.2) is 0 Å². The van der Waals surface area contributed by atoms with E-state index in [1.165, 1.54) is 6.07 Å². The van der Waals surface area contributed by atoms with Crippen molar-refractivity contribution in [3.8, 4) is 0 Å². The molecule has 1 heterocycles. The summed E-state index contributed by atoms with van der Waals surface area (Å²) in [6, 6.07) is 1.37. The van der Waals surface area contributed by atoms with E-state index < -0.39 is 27.8 Å². The molecule has 136 valence electrons. The fourth-order valence-electron chi connectivity index (χ4n) is 2.59. The van der Waals surface area contributed by atoms with Crippen molar-refractivity contribution < 1.29 is 28.2 Å². The number of amides is 1. The van der Waals surface area contributed by atoms with Gasteiger partial charge in [-0.2, -0.15) is 8.42 Å². The van der Waals surface area contributed by atoms with Crippen LogP contribution in [0.4, 0.5) is 0 Å². The summed E-state index contributed by atoms with van der Waals surface area (Å²) in [5.41, 5.74) is 0.152. The Morgan fingerprint density at radius 2 is 2.12 bits per heavy atom. The van der Waals surface area contributed by atoms with Gasteiger partial charge in [-0.15, -0.1) is 0 Å². The number of carbonyl (C=O) groups is 2. The summed E-state index contributed by atoms with van der Waals surface area (Å²) < 4.78 is 23.6. The average Bonchev–Trinajstić information content (AvgIpc) is 3.00. The number of carbonyl (C=O) groups excluding carboxylic acids is 1. The normalized spacial score (nSPS) is 17.2. The first-order chi connectivity index (χ1) is 11.8. The number of allylic oxidation sites excluding steroid dienone is 2. The molecule has 0 saturated carbocycles. The number of aromatic nitrogens is 1. The molecule has 10 heteroatoms. The number of aliphatic hydroxyl groups excluding tert-OH is 1. The van der Waals surface area contributed by atoms with E-state index in [4.69, 9.17) is 10.2 Å². The lowest BCUT2D eigenvalue weighted by molar-refractivity contribution is -0.117. The number of carboxylic acid groups (broad SMARTS) is 1. The highest BCUT2D eigenvalue weighted by atomic mass is 32.2. The molecule has 5 N–H and O–H groups in total. The van der Waals surface area contributed by atoms with Crippen molar-refractivity contribution in [3.05, 3.63) is 47.3 Å². The summed E-state index contributed by atoms with van der Waals surface area (Å²) in [6.45, 7) is 0.272. The molecule has 0 aliphatic heterocycles. The van der Waals surface area contributed by atoms with Crippen LogP contribution in [0.15, 0.2) is 36.1 Å². The van der Waals surface area contributed by atoms with E-state index in [1.807, 2.05) is 0 Å². The topological polar surface area (TPSA) is 152 Å². The lowest BCUT2D eigenvalue weighted by Gasteiger charge is -2.17. The van der Waals surface area contributed by atoms with E-state index in [0.29, 0.717) is 28.9 Å². The number of hydrogen-bond acceptors (Lipinski definition) is 5. The Hall–Kier alpha value is -2.43. The Balaban J connectivity index is 2.33. The van der Waals surface area contributed by atoms with Gasteiger partial charge in [0, 0.05) is 30.8 Å². The van der Waals surface area contributed by atoms with Gasteiger partial charge in [0.25, 0.3) is 5.91 Å². The van der Waals surface area contributed by atoms with E-state index in [-0.39, 0.29) is 18.1 Å². The van der Waals surface area contributed by atoms with Crippen molar-refractivity contribution in [2.75, 3.05) is 13.2 Å². The van der Waals surface area contributed by atoms with Crippen LogP contribution < -0.4 is 10.5 Å². The maximum Gasteiger partial charge on any atom is 0.353 e. The summed E-state index contributed by atoms with van der Waals surface area (Å²) >= 11 is 0. The molecule has 0 fully saturated rings. The SMILES string of the molecule is NS(=O)(=O)n1ccc(C2C=C(C(=O)NCCCO)C=CC2)c1C(=O)O. The molecule has 1 aliphatic carbocycles. The van der Waals surface area contributed by atoms with Gasteiger partial charge >= 0.3 is 16.2 Å². The molecule has 0 bridgehead atoms. The minimum Gasteiger partial charge on any atom is -0.477 e. The van der Waals surface area contributed by atoms with Gasteiger partial charge in [-0.3, -0.25) is 4.79 Å². The maximum atomic E-state index is 12.1. The second-order valence-electron chi connectivity index (χ2n) is 5.47. The monoisotopic (exact) mass is 369 g/mol. The Morgan fingerprint density at radius 1 is 1.40 bits per heavy atom. The van der Waals surface area contributed by atoms with Crippen molar-refractivity contribution in [1.82, 2.24) is 9.29 Å². The Labute approximate surface area is 144 Å². The van der Waals surface area contributed by atoms with Crippen LogP contribution >= 0.6 is 0 Å². The van der Waals surface area contributed by atoms with Gasteiger partial charge < -0.3 is 15.5 Å². The fraction of sp³-hybridized carbons (Fsp3) is 0.333. The molecule has 25 heavy (non-hydrogen) atoms. The second kappa shape index (κ2) is 7.64. The zero-order valence-electron chi connectivity index (χ0n) is 13.3. The molecule has 0 aromatic carbocycles. The molecule has 1 aromatic heterocycles. The third kappa shape index (κ3) is 4.35. The van der Waals surface area contributed by atoms with Crippen LogP contribution in [-0.4, -0.2) is 47.6 Å². The van der Waals surface area contributed by atoms with Crippen molar-refractivity contribution in [1.29, 1.82) is 0 Å². The minimum atomic E-state index is -4.25. The van der Waals surface area contributed by atoms with Crippen LogP contribution in [0.25, 0.3) is 0 Å². The van der Waals surface area contributed by atoms with E-state index in [1.54, 1.807) is 18.2 Å². The minimum absolute atomic E-state index is 0.0408. The molecule has 0 spiro atoms. The Morgan fingerprint density at radius 3 is 2.72 bits per heavy atom. The number of hydrogen-bond donors (Lipinski definition) is 4. The molecule has 1 aliphatic rings. The van der Waals surface area contributed by atoms with E-state index in [0.717, 1.165) is 6.20 Å². The van der Waals surface area contributed by atoms with Crippen molar-refractivity contribution in [2.45, 2.75) is 18.8 Å². The number of aliphatic hydroxyl groups is 1. The van der Waals surface area contributed by atoms with Crippen molar-refractivity contribution in [2.24, 2.45) is 5.14 Å². The number of nitrogens with zero attached hydrogens (tertiary/aromatic N) is 1. The van der Waals surface area contributed by atoms with Crippen LogP contribution in [0, 0.1) is 0 Å². The lowest BCUT2D eigenvalue weighted by atomic mass is 9.89. The zero-order chi connectivity index (χ0) is 18.6. The molecule has 0 radical (unpaired) electrons. The fourth-order valence-corrected chi connectivity index (χ4v) is 3.26. The average molecular weight is 369 g/mol. The summed E-state index contributed by atoms with van der Waals surface area (Å²) in [6.07, 6.45) is 6.84. The van der Waals surface area contributed by atoms with Gasteiger partial charge in [-0.25, -0.2) is 13.9 Å². The summed E-state index contributed by atoms with van der Waals surface area (Å²) in [5.74, 6) is -2.25. The van der Waals surface area contributed by atoms with Crippen LogP contribution in [-0.2, 0) is 15.0 Å². The predicted molar refractivity (Wildman–Crippen MR) is 89.2 cm³/mol. The number of nitrogens with one attached hydrogen (secondary N) is 1. The maximum absolute atomic E-state index is 12.1. The highest BCUT2D eigenvalue weighted by Crippen LogP contribution is 2.31. The van der Waals surface area contributed by atoms with Crippen molar-refractivity contribution in [3.63, 3.8) is 0 Å². The van der Waals surface area contributed by atoms with Crippen LogP contribution in [0.3, 0.4) is 0 Å². The summed E-state index contributed by atoms with van der Waals surface area (Å²) in [4.78, 5) is 23.6. The molecule has 9 nitrogen and oxygen atoms in total. The molecule has 1 aromatic rings. The molecule has 0 saturated heterocycles. The van der Waals surface area contributed by atoms with E-state index in [2.05, 4.69) is 5.32 Å².